The van der Waals surface area contributed by atoms with E-state index in [0.29, 0.717) is 22.5 Å². The van der Waals surface area contributed by atoms with Crippen LogP contribution in [0.5, 0.6) is 0 Å². The molecule has 7 nitrogen and oxygen atoms in total. The van der Waals surface area contributed by atoms with E-state index in [1.165, 1.54) is 30.6 Å². The molecular formula is C24H13F2N5O2. The number of halogens is 2. The Bertz CT molecular complexity index is 1650. The Hall–Kier alpha value is -4.71. The van der Waals surface area contributed by atoms with E-state index in [1.54, 1.807) is 23.6 Å². The van der Waals surface area contributed by atoms with Crippen LogP contribution in [0, 0.1) is 29.9 Å². The number of rotatable bonds is 3. The minimum Gasteiger partial charge on any atom is -0.478 e. The zero-order valence-electron chi connectivity index (χ0n) is 17.0. The van der Waals surface area contributed by atoms with E-state index in [1.807, 2.05) is 6.07 Å². The Kier molecular flexibility index (Phi) is 4.57. The number of carboxylic acid groups (broad SMARTS) is 1. The van der Waals surface area contributed by atoms with Gasteiger partial charge < -0.3 is 5.11 Å². The van der Waals surface area contributed by atoms with Crippen LogP contribution < -0.4 is 0 Å². The summed E-state index contributed by atoms with van der Waals surface area (Å²) >= 11 is 0. The molecule has 0 amide bonds. The highest BCUT2D eigenvalue weighted by Gasteiger charge is 2.21. The van der Waals surface area contributed by atoms with Crippen LogP contribution >= 0.6 is 0 Å². The third-order valence-electron chi connectivity index (χ3n) is 5.38. The Morgan fingerprint density at radius 2 is 1.76 bits per heavy atom. The molecule has 0 aliphatic carbocycles. The van der Waals surface area contributed by atoms with Crippen molar-refractivity contribution < 1.29 is 18.7 Å². The molecule has 1 N–H and O–H groups in total. The number of carboxylic acids is 1. The molecule has 3 aromatic heterocycles. The third-order valence-corrected chi connectivity index (χ3v) is 5.38. The molecule has 0 aliphatic heterocycles. The van der Waals surface area contributed by atoms with Crippen molar-refractivity contribution in [1.82, 2.24) is 19.5 Å². The van der Waals surface area contributed by atoms with E-state index in [0.717, 1.165) is 12.1 Å². The molecular weight excluding hydrogens is 428 g/mol. The van der Waals surface area contributed by atoms with Gasteiger partial charge in [0.2, 0.25) is 0 Å². The standard InChI is InChI=1S/C24H13F2N5O2/c1-12-30-22-16(24(32)33)9-14(13-4-6-28-15(8-13)11-27)10-20(22)31(12)19-5-7-29-23-18(26)3-2-17(25)21(19)23/h2-10H,1H3,(H,32,33). The van der Waals surface area contributed by atoms with Crippen LogP contribution in [-0.4, -0.2) is 30.6 Å². The van der Waals surface area contributed by atoms with Crippen molar-refractivity contribution in [1.29, 1.82) is 5.26 Å². The number of hydrogen-bond donors (Lipinski definition) is 1. The number of benzene rings is 2. The number of aromatic carboxylic acids is 1. The van der Waals surface area contributed by atoms with E-state index in [9.17, 15) is 23.9 Å². The quantitative estimate of drug-likeness (QED) is 0.432. The predicted octanol–water partition coefficient (Wildman–Crippen LogP) is 4.79. The summed E-state index contributed by atoms with van der Waals surface area (Å²) in [4.78, 5) is 24.4. The first-order valence-corrected chi connectivity index (χ1v) is 9.75. The summed E-state index contributed by atoms with van der Waals surface area (Å²) in [6.45, 7) is 1.65. The van der Waals surface area contributed by atoms with E-state index >= 15 is 0 Å². The highest BCUT2D eigenvalue weighted by Crippen LogP contribution is 2.33. The summed E-state index contributed by atoms with van der Waals surface area (Å²) in [5.41, 5.74) is 1.90. The molecule has 0 unspecified atom stereocenters. The minimum absolute atomic E-state index is 0.0437. The minimum atomic E-state index is -1.20. The zero-order chi connectivity index (χ0) is 23.3. The Balaban J connectivity index is 1.89. The van der Waals surface area contributed by atoms with Gasteiger partial charge in [0, 0.05) is 12.4 Å². The molecule has 0 atom stereocenters. The molecule has 160 valence electrons. The van der Waals surface area contributed by atoms with Crippen molar-refractivity contribution in [2.45, 2.75) is 6.92 Å². The number of fused-ring (bicyclic) bond motifs is 2. The second kappa shape index (κ2) is 7.46. The van der Waals surface area contributed by atoms with Crippen LogP contribution in [0.25, 0.3) is 38.8 Å². The largest absolute Gasteiger partial charge is 0.478 e. The molecule has 5 rings (SSSR count). The number of hydrogen-bond acceptors (Lipinski definition) is 5. The topological polar surface area (TPSA) is 105 Å². The lowest BCUT2D eigenvalue weighted by molar-refractivity contribution is 0.0699. The van der Waals surface area contributed by atoms with Crippen LogP contribution in [0.15, 0.2) is 54.9 Å². The molecule has 33 heavy (non-hydrogen) atoms. The number of aryl methyl sites for hydroxylation is 1. The van der Waals surface area contributed by atoms with Crippen LogP contribution in [0.1, 0.15) is 21.9 Å². The molecule has 0 saturated heterocycles. The van der Waals surface area contributed by atoms with Gasteiger partial charge in [0.25, 0.3) is 0 Å². The van der Waals surface area contributed by atoms with Gasteiger partial charge in [-0.1, -0.05) is 0 Å². The molecule has 9 heteroatoms. The maximum atomic E-state index is 14.8. The summed E-state index contributed by atoms with van der Waals surface area (Å²) in [5.74, 6) is -2.16. The van der Waals surface area contributed by atoms with Crippen molar-refractivity contribution in [3.05, 3.63) is 83.6 Å². The van der Waals surface area contributed by atoms with Crippen molar-refractivity contribution in [2.24, 2.45) is 0 Å². The van der Waals surface area contributed by atoms with Crippen molar-refractivity contribution >= 4 is 27.9 Å². The summed E-state index contributed by atoms with van der Waals surface area (Å²) in [6, 6.07) is 11.8. The molecule has 3 heterocycles. The molecule has 0 spiro atoms. The number of nitriles is 1. The van der Waals surface area contributed by atoms with Crippen LogP contribution in [0.4, 0.5) is 8.78 Å². The van der Waals surface area contributed by atoms with Crippen molar-refractivity contribution in [3.63, 3.8) is 0 Å². The Labute approximate surface area is 185 Å². The molecule has 0 fully saturated rings. The summed E-state index contributed by atoms with van der Waals surface area (Å²) in [7, 11) is 0. The number of imidazole rings is 1. The van der Waals surface area contributed by atoms with E-state index in [4.69, 9.17) is 0 Å². The highest BCUT2D eigenvalue weighted by atomic mass is 19.1. The maximum absolute atomic E-state index is 14.8. The van der Waals surface area contributed by atoms with Gasteiger partial charge in [-0.05, 0) is 60.5 Å². The van der Waals surface area contributed by atoms with Crippen molar-refractivity contribution in [3.8, 4) is 22.9 Å². The summed E-state index contributed by atoms with van der Waals surface area (Å²) in [5, 5.41) is 19.0. The maximum Gasteiger partial charge on any atom is 0.337 e. The summed E-state index contributed by atoms with van der Waals surface area (Å²) in [6.07, 6.45) is 2.81. The number of aromatic nitrogens is 4. The lowest BCUT2D eigenvalue weighted by atomic mass is 10.0. The van der Waals surface area contributed by atoms with Gasteiger partial charge in [0.05, 0.1) is 22.2 Å². The fourth-order valence-corrected chi connectivity index (χ4v) is 3.96. The average molecular weight is 441 g/mol. The van der Waals surface area contributed by atoms with Crippen molar-refractivity contribution in [2.75, 3.05) is 0 Å². The predicted molar refractivity (Wildman–Crippen MR) is 116 cm³/mol. The average Bonchev–Trinajstić information content (AvgIpc) is 3.15. The molecule has 0 bridgehead atoms. The van der Waals surface area contributed by atoms with Crippen LogP contribution in [-0.2, 0) is 0 Å². The number of nitrogens with zero attached hydrogens (tertiary/aromatic N) is 5. The van der Waals surface area contributed by atoms with Gasteiger partial charge in [-0.3, -0.25) is 9.55 Å². The Morgan fingerprint density at radius 1 is 1.00 bits per heavy atom. The number of pyridine rings is 2. The summed E-state index contributed by atoms with van der Waals surface area (Å²) < 4.78 is 30.8. The second-order valence-electron chi connectivity index (χ2n) is 7.32. The zero-order valence-corrected chi connectivity index (χ0v) is 17.0. The normalized spacial score (nSPS) is 11.1. The van der Waals surface area contributed by atoms with Gasteiger partial charge in [0.1, 0.15) is 40.3 Å². The first-order valence-electron chi connectivity index (χ1n) is 9.75. The van der Waals surface area contributed by atoms with Gasteiger partial charge in [0.15, 0.2) is 0 Å². The van der Waals surface area contributed by atoms with Crippen LogP contribution in [0.2, 0.25) is 0 Å². The van der Waals surface area contributed by atoms with E-state index in [-0.39, 0.29) is 33.4 Å². The fourth-order valence-electron chi connectivity index (χ4n) is 3.96. The number of carbonyl (C=O) groups is 1. The lowest BCUT2D eigenvalue weighted by Crippen LogP contribution is -2.02. The molecule has 2 aromatic carbocycles. The molecule has 0 radical (unpaired) electrons. The van der Waals surface area contributed by atoms with E-state index in [2.05, 4.69) is 15.0 Å². The second-order valence-corrected chi connectivity index (χ2v) is 7.32. The molecule has 0 saturated carbocycles. The van der Waals surface area contributed by atoms with Gasteiger partial charge in [-0.2, -0.15) is 5.26 Å². The first-order chi connectivity index (χ1) is 15.9. The monoisotopic (exact) mass is 441 g/mol. The van der Waals surface area contributed by atoms with Crippen LogP contribution in [0.3, 0.4) is 0 Å². The smallest absolute Gasteiger partial charge is 0.337 e. The fraction of sp³-hybridized carbons (Fsp3) is 0.0417. The highest BCUT2D eigenvalue weighted by molar-refractivity contribution is 6.04. The van der Waals surface area contributed by atoms with Gasteiger partial charge in [-0.15, -0.1) is 0 Å². The molecule has 5 aromatic rings. The Morgan fingerprint density at radius 3 is 2.52 bits per heavy atom. The lowest BCUT2D eigenvalue weighted by Gasteiger charge is -2.12. The molecule has 0 aliphatic rings. The van der Waals surface area contributed by atoms with Gasteiger partial charge in [-0.25, -0.2) is 23.5 Å². The first kappa shape index (κ1) is 20.2. The third kappa shape index (κ3) is 3.16. The van der Waals surface area contributed by atoms with E-state index < -0.39 is 17.6 Å². The SMILES string of the molecule is Cc1nc2c(C(=O)O)cc(-c3ccnc(C#N)c3)cc2n1-c1ccnc2c(F)ccc(F)c12. The van der Waals surface area contributed by atoms with Gasteiger partial charge >= 0.3 is 5.97 Å².